The van der Waals surface area contributed by atoms with E-state index in [-0.39, 0.29) is 16.8 Å². The van der Waals surface area contributed by atoms with Crippen LogP contribution >= 0.6 is 11.8 Å². The molecule has 0 atom stereocenters. The van der Waals surface area contributed by atoms with Crippen molar-refractivity contribution in [1.82, 2.24) is 10.2 Å². The molecule has 0 radical (unpaired) electrons. The van der Waals surface area contributed by atoms with Crippen LogP contribution in [-0.4, -0.2) is 60.2 Å². The fourth-order valence-corrected chi connectivity index (χ4v) is 3.69. The minimum atomic E-state index is -0.429. The molecule has 1 aliphatic rings. The molecule has 1 saturated heterocycles. The van der Waals surface area contributed by atoms with E-state index in [2.05, 4.69) is 22.2 Å². The third-order valence-electron chi connectivity index (χ3n) is 4.46. The Bertz CT molecular complexity index is 823. The Morgan fingerprint density at radius 2 is 1.96 bits per heavy atom. The maximum absolute atomic E-state index is 12.4. The van der Waals surface area contributed by atoms with Gasteiger partial charge in [0.15, 0.2) is 0 Å². The first-order valence-corrected chi connectivity index (χ1v) is 9.73. The minimum absolute atomic E-state index is 0.0399. The smallest absolute Gasteiger partial charge is 0.324 e. The predicted molar refractivity (Wildman–Crippen MR) is 102 cm³/mol. The standard InChI is InChI=1S/C18H23N5O3S/c1-13-5-4-6-14(2)17(13)18(25)27-12-15(24)19-16-11-23(20-26-16)22-9-7-21(3)8-10-22/h4-6,11H,7-10,12H2,1-3H3. The molecule has 144 valence electrons. The lowest BCUT2D eigenvalue weighted by molar-refractivity contribution is -0.759. The molecule has 0 aliphatic carbocycles. The molecule has 0 unspecified atom stereocenters. The first-order valence-electron chi connectivity index (χ1n) is 8.74. The van der Waals surface area contributed by atoms with Crippen molar-refractivity contribution in [3.05, 3.63) is 41.1 Å². The second-order valence-electron chi connectivity index (χ2n) is 6.57. The molecule has 1 aromatic heterocycles. The average molecular weight is 389 g/mol. The first kappa shape index (κ1) is 19.4. The van der Waals surface area contributed by atoms with Gasteiger partial charge in [-0.15, -0.1) is 0 Å². The molecule has 1 fully saturated rings. The summed E-state index contributed by atoms with van der Waals surface area (Å²) in [5.74, 6) is -0.331. The summed E-state index contributed by atoms with van der Waals surface area (Å²) in [5, 5.41) is 17.9. The van der Waals surface area contributed by atoms with E-state index in [0.717, 1.165) is 49.1 Å². The number of aromatic nitrogens is 2. The Balaban J connectivity index is 1.59. The van der Waals surface area contributed by atoms with Gasteiger partial charge in [-0.3, -0.25) is 9.32 Å². The van der Waals surface area contributed by atoms with E-state index in [0.29, 0.717) is 5.56 Å². The third kappa shape index (κ3) is 4.86. The first-order chi connectivity index (χ1) is 12.9. The van der Waals surface area contributed by atoms with Gasteiger partial charge in [-0.1, -0.05) is 30.0 Å². The van der Waals surface area contributed by atoms with E-state index < -0.39 is 5.90 Å². The van der Waals surface area contributed by atoms with E-state index in [9.17, 15) is 9.90 Å². The summed E-state index contributed by atoms with van der Waals surface area (Å²) in [6, 6.07) is 5.68. The van der Waals surface area contributed by atoms with Gasteiger partial charge in [-0.05, 0) is 37.9 Å². The number of nitrogens with zero attached hydrogens (tertiary/aromatic N) is 5. The molecular weight excluding hydrogens is 366 g/mol. The van der Waals surface area contributed by atoms with Gasteiger partial charge in [0.2, 0.25) is 10.4 Å². The van der Waals surface area contributed by atoms with Gasteiger partial charge in [0, 0.05) is 24.4 Å². The second-order valence-corrected chi connectivity index (χ2v) is 7.51. The van der Waals surface area contributed by atoms with E-state index in [1.807, 2.05) is 37.1 Å². The van der Waals surface area contributed by atoms with Crippen LogP contribution in [0.1, 0.15) is 21.5 Å². The quantitative estimate of drug-likeness (QED) is 0.416. The molecule has 0 saturated carbocycles. The number of carbonyl (C=O) groups is 1. The van der Waals surface area contributed by atoms with Crippen LogP contribution in [0.5, 0.6) is 0 Å². The van der Waals surface area contributed by atoms with Gasteiger partial charge in [-0.25, -0.2) is 4.99 Å². The number of aliphatic imine (C=N–C) groups is 1. The Hall–Kier alpha value is -2.39. The topological polar surface area (TPSA) is 88.9 Å². The largest absolute Gasteiger partial charge is 0.861 e. The van der Waals surface area contributed by atoms with Crippen LogP contribution in [0, 0.1) is 13.8 Å². The lowest BCUT2D eigenvalue weighted by Crippen LogP contribution is -2.64. The van der Waals surface area contributed by atoms with Gasteiger partial charge in [-0.2, -0.15) is 5.01 Å². The third-order valence-corrected chi connectivity index (χ3v) is 5.32. The number of benzene rings is 1. The van der Waals surface area contributed by atoms with Crippen LogP contribution in [0.25, 0.3) is 0 Å². The minimum Gasteiger partial charge on any atom is -0.861 e. The van der Waals surface area contributed by atoms with E-state index in [1.54, 1.807) is 11.0 Å². The van der Waals surface area contributed by atoms with Crippen molar-refractivity contribution in [3.8, 4) is 0 Å². The second kappa shape index (κ2) is 8.53. The Kier molecular flexibility index (Phi) is 6.12. The van der Waals surface area contributed by atoms with Crippen LogP contribution in [0.3, 0.4) is 0 Å². The SMILES string of the molecule is Cc1cccc(C)c1C(=O)SCC([O-])=Nc1c[n+](N2CCN(C)CC2)no1. The number of carbonyl (C=O) groups excluding carboxylic acids is 1. The lowest BCUT2D eigenvalue weighted by Gasteiger charge is -2.26. The van der Waals surface area contributed by atoms with Crippen molar-refractivity contribution in [2.24, 2.45) is 4.99 Å². The van der Waals surface area contributed by atoms with Crippen LogP contribution in [-0.2, 0) is 0 Å². The number of hydrogen-bond donors (Lipinski definition) is 0. The lowest BCUT2D eigenvalue weighted by atomic mass is 10.0. The fraction of sp³-hybridized carbons (Fsp3) is 0.444. The van der Waals surface area contributed by atoms with Gasteiger partial charge < -0.3 is 10.0 Å². The highest BCUT2D eigenvalue weighted by molar-refractivity contribution is 8.14. The molecule has 8 nitrogen and oxygen atoms in total. The molecule has 2 heterocycles. The van der Waals surface area contributed by atoms with Crippen LogP contribution in [0.2, 0.25) is 0 Å². The van der Waals surface area contributed by atoms with Crippen LogP contribution in [0.15, 0.2) is 33.9 Å². The van der Waals surface area contributed by atoms with Crippen molar-refractivity contribution >= 4 is 28.7 Å². The molecular formula is C18H23N5O3S. The van der Waals surface area contributed by atoms with Crippen molar-refractivity contribution in [2.45, 2.75) is 13.8 Å². The molecule has 2 aromatic rings. The summed E-state index contributed by atoms with van der Waals surface area (Å²) < 4.78 is 5.12. The zero-order valence-electron chi connectivity index (χ0n) is 15.7. The predicted octanol–water partition coefficient (Wildman–Crippen LogP) is 0.426. The molecule has 9 heteroatoms. The highest BCUT2D eigenvalue weighted by Crippen LogP contribution is 2.20. The average Bonchev–Trinajstić information content (AvgIpc) is 3.09. The zero-order valence-corrected chi connectivity index (χ0v) is 16.5. The van der Waals surface area contributed by atoms with E-state index in [1.165, 1.54) is 0 Å². The van der Waals surface area contributed by atoms with Crippen molar-refractivity contribution < 1.29 is 19.2 Å². The maximum atomic E-state index is 12.4. The van der Waals surface area contributed by atoms with Crippen LogP contribution < -0.4 is 14.9 Å². The molecule has 0 spiro atoms. The monoisotopic (exact) mass is 389 g/mol. The molecule has 0 N–H and O–H groups in total. The van der Waals surface area contributed by atoms with Crippen molar-refractivity contribution in [1.29, 1.82) is 0 Å². The van der Waals surface area contributed by atoms with E-state index >= 15 is 0 Å². The Labute approximate surface area is 162 Å². The summed E-state index contributed by atoms with van der Waals surface area (Å²) in [7, 11) is 2.07. The summed E-state index contributed by atoms with van der Waals surface area (Å²) in [5.41, 5.74) is 2.46. The molecule has 3 rings (SSSR count). The van der Waals surface area contributed by atoms with Gasteiger partial charge >= 0.3 is 5.88 Å². The zero-order chi connectivity index (χ0) is 19.4. The Morgan fingerprint density at radius 3 is 2.63 bits per heavy atom. The highest BCUT2D eigenvalue weighted by atomic mass is 32.2. The summed E-state index contributed by atoms with van der Waals surface area (Å²) >= 11 is 0.953. The van der Waals surface area contributed by atoms with Crippen molar-refractivity contribution in [3.63, 3.8) is 0 Å². The van der Waals surface area contributed by atoms with E-state index in [4.69, 9.17) is 4.52 Å². The number of aryl methyl sites for hydroxylation is 2. The van der Waals surface area contributed by atoms with Crippen LogP contribution in [0.4, 0.5) is 5.88 Å². The summed E-state index contributed by atoms with van der Waals surface area (Å²) in [4.78, 5) is 20.1. The maximum Gasteiger partial charge on any atom is 0.324 e. The van der Waals surface area contributed by atoms with Gasteiger partial charge in [0.25, 0.3) is 6.20 Å². The van der Waals surface area contributed by atoms with Crippen molar-refractivity contribution in [2.75, 3.05) is 44.0 Å². The number of piperazine rings is 1. The Morgan fingerprint density at radius 1 is 1.30 bits per heavy atom. The molecule has 27 heavy (non-hydrogen) atoms. The molecule has 1 aromatic carbocycles. The normalized spacial score (nSPS) is 16.0. The number of hydrogen-bond acceptors (Lipinski definition) is 8. The number of likely N-dealkylation sites (N-methyl/N-ethyl adjacent to an activating group) is 1. The highest BCUT2D eigenvalue weighted by Gasteiger charge is 2.24. The van der Waals surface area contributed by atoms with Gasteiger partial charge in [0.1, 0.15) is 0 Å². The van der Waals surface area contributed by atoms with Gasteiger partial charge in [0.05, 0.1) is 17.9 Å². The molecule has 1 aliphatic heterocycles. The fourth-order valence-electron chi connectivity index (χ4n) is 2.90. The summed E-state index contributed by atoms with van der Waals surface area (Å²) in [6.45, 7) is 7.28. The summed E-state index contributed by atoms with van der Waals surface area (Å²) in [6.07, 6.45) is 1.58. The number of rotatable bonds is 5. The number of thioether (sulfide) groups is 1. The molecule has 0 bridgehead atoms. The molecule has 0 amide bonds.